The molecular formula is C13H9ClFN5O2. The number of nitrogens with zero attached hydrogens (tertiary/aromatic N) is 4. The number of anilines is 1. The van der Waals surface area contributed by atoms with Crippen LogP contribution in [0.3, 0.4) is 0 Å². The Labute approximate surface area is 128 Å². The van der Waals surface area contributed by atoms with E-state index in [1.165, 1.54) is 16.8 Å². The molecule has 1 N–H and O–H groups in total. The van der Waals surface area contributed by atoms with Crippen LogP contribution in [0.25, 0.3) is 11.6 Å². The number of rotatable bonds is 3. The van der Waals surface area contributed by atoms with Gasteiger partial charge < -0.3 is 4.42 Å². The van der Waals surface area contributed by atoms with Crippen LogP contribution in [-0.4, -0.2) is 25.9 Å². The molecule has 7 nitrogen and oxygen atoms in total. The summed E-state index contributed by atoms with van der Waals surface area (Å²) in [6, 6.07) is 5.46. The number of aryl methyl sites for hydroxylation is 1. The van der Waals surface area contributed by atoms with Crippen LogP contribution in [0.15, 0.2) is 34.9 Å². The van der Waals surface area contributed by atoms with Gasteiger partial charge in [0.2, 0.25) is 0 Å². The summed E-state index contributed by atoms with van der Waals surface area (Å²) in [6.07, 6.45) is 1.57. The molecule has 0 aliphatic rings. The molecule has 1 amide bonds. The fourth-order valence-corrected chi connectivity index (χ4v) is 2.08. The predicted molar refractivity (Wildman–Crippen MR) is 75.9 cm³/mol. The molecule has 0 saturated carbocycles. The summed E-state index contributed by atoms with van der Waals surface area (Å²) < 4.78 is 20.5. The van der Waals surface area contributed by atoms with Crippen molar-refractivity contribution >= 4 is 23.5 Å². The van der Waals surface area contributed by atoms with Gasteiger partial charge in [-0.25, -0.2) is 4.39 Å². The van der Waals surface area contributed by atoms with Crippen molar-refractivity contribution in [3.63, 3.8) is 0 Å². The molecule has 0 fully saturated rings. The van der Waals surface area contributed by atoms with Crippen molar-refractivity contribution in [2.24, 2.45) is 7.05 Å². The first-order valence-electron chi connectivity index (χ1n) is 6.13. The Balaban J connectivity index is 1.84. The van der Waals surface area contributed by atoms with Crippen molar-refractivity contribution in [3.8, 4) is 11.6 Å². The zero-order chi connectivity index (χ0) is 15.7. The third-order valence-electron chi connectivity index (χ3n) is 2.88. The predicted octanol–water partition coefficient (Wildman–Crippen LogP) is 2.51. The molecule has 1 aromatic carbocycles. The molecule has 0 saturated heterocycles. The number of halogens is 2. The van der Waals surface area contributed by atoms with Gasteiger partial charge in [-0.2, -0.15) is 5.10 Å². The van der Waals surface area contributed by atoms with Gasteiger partial charge in [0.1, 0.15) is 11.5 Å². The van der Waals surface area contributed by atoms with E-state index in [4.69, 9.17) is 16.0 Å². The van der Waals surface area contributed by atoms with E-state index in [0.717, 1.165) is 6.07 Å². The summed E-state index contributed by atoms with van der Waals surface area (Å²) in [5, 5.41) is 13.7. The first kappa shape index (κ1) is 14.2. The minimum atomic E-state index is -0.775. The van der Waals surface area contributed by atoms with E-state index >= 15 is 0 Å². The van der Waals surface area contributed by atoms with E-state index in [2.05, 4.69) is 20.6 Å². The van der Waals surface area contributed by atoms with E-state index in [-0.39, 0.29) is 22.5 Å². The SMILES string of the molecule is Cn1nccc1-c1nnc(NC(=O)c2c(F)cccc2Cl)o1. The fraction of sp³-hybridized carbons (Fsp3) is 0.0769. The molecule has 0 atom stereocenters. The van der Waals surface area contributed by atoms with Crippen molar-refractivity contribution in [2.75, 3.05) is 5.32 Å². The third-order valence-corrected chi connectivity index (χ3v) is 3.19. The Hall–Kier alpha value is -2.74. The first-order valence-corrected chi connectivity index (χ1v) is 6.51. The van der Waals surface area contributed by atoms with Crippen LogP contribution in [0.4, 0.5) is 10.4 Å². The van der Waals surface area contributed by atoms with Crippen LogP contribution in [0.1, 0.15) is 10.4 Å². The van der Waals surface area contributed by atoms with E-state index in [0.29, 0.717) is 5.69 Å². The zero-order valence-corrected chi connectivity index (χ0v) is 12.0. The molecule has 0 aliphatic carbocycles. The van der Waals surface area contributed by atoms with E-state index in [1.54, 1.807) is 19.3 Å². The fourth-order valence-electron chi connectivity index (χ4n) is 1.84. The number of carbonyl (C=O) groups excluding carboxylic acids is 1. The van der Waals surface area contributed by atoms with Crippen LogP contribution in [0.2, 0.25) is 5.02 Å². The van der Waals surface area contributed by atoms with Crippen LogP contribution < -0.4 is 5.32 Å². The van der Waals surface area contributed by atoms with Gasteiger partial charge in [-0.15, -0.1) is 5.10 Å². The lowest BCUT2D eigenvalue weighted by atomic mass is 10.2. The van der Waals surface area contributed by atoms with E-state index in [9.17, 15) is 9.18 Å². The zero-order valence-electron chi connectivity index (χ0n) is 11.2. The summed E-state index contributed by atoms with van der Waals surface area (Å²) in [7, 11) is 1.71. The van der Waals surface area contributed by atoms with Gasteiger partial charge in [0.15, 0.2) is 0 Å². The monoisotopic (exact) mass is 321 g/mol. The van der Waals surface area contributed by atoms with Crippen molar-refractivity contribution in [1.82, 2.24) is 20.0 Å². The average molecular weight is 322 g/mol. The molecule has 0 aliphatic heterocycles. The molecule has 22 heavy (non-hydrogen) atoms. The Morgan fingerprint density at radius 2 is 2.18 bits per heavy atom. The average Bonchev–Trinajstić information content (AvgIpc) is 3.07. The molecular weight excluding hydrogens is 313 g/mol. The minimum absolute atomic E-state index is 0.0103. The number of amides is 1. The maximum Gasteiger partial charge on any atom is 0.322 e. The van der Waals surface area contributed by atoms with Crippen molar-refractivity contribution < 1.29 is 13.6 Å². The topological polar surface area (TPSA) is 85.8 Å². The quantitative estimate of drug-likeness (QED) is 0.801. The Kier molecular flexibility index (Phi) is 3.60. The molecule has 3 rings (SSSR count). The van der Waals surface area contributed by atoms with E-state index < -0.39 is 11.7 Å². The standard InChI is InChI=1S/C13H9ClFN5O2/c1-20-9(5-6-16-20)12-18-19-13(22-12)17-11(21)10-7(14)3-2-4-8(10)15/h2-6H,1H3,(H,17,19,21). The molecule has 2 heterocycles. The number of nitrogens with one attached hydrogen (secondary N) is 1. The van der Waals surface area contributed by atoms with Crippen LogP contribution in [0.5, 0.6) is 0 Å². The highest BCUT2D eigenvalue weighted by atomic mass is 35.5. The number of hydrogen-bond donors (Lipinski definition) is 1. The smallest absolute Gasteiger partial charge is 0.322 e. The summed E-state index contributed by atoms with van der Waals surface area (Å²) in [4.78, 5) is 12.0. The van der Waals surface area contributed by atoms with Gasteiger partial charge in [0, 0.05) is 13.2 Å². The van der Waals surface area contributed by atoms with Gasteiger partial charge >= 0.3 is 6.01 Å². The second kappa shape index (κ2) is 5.57. The molecule has 0 spiro atoms. The Morgan fingerprint density at radius 3 is 2.86 bits per heavy atom. The van der Waals surface area contributed by atoms with Gasteiger partial charge in [0.05, 0.1) is 10.6 Å². The van der Waals surface area contributed by atoms with Gasteiger partial charge in [-0.3, -0.25) is 14.8 Å². The van der Waals surface area contributed by atoms with Crippen LogP contribution >= 0.6 is 11.6 Å². The highest BCUT2D eigenvalue weighted by Gasteiger charge is 2.19. The molecule has 2 aromatic heterocycles. The summed E-state index contributed by atoms with van der Waals surface area (Å²) in [6.45, 7) is 0. The molecule has 112 valence electrons. The lowest BCUT2D eigenvalue weighted by Crippen LogP contribution is -2.14. The molecule has 3 aromatic rings. The highest BCUT2D eigenvalue weighted by Crippen LogP contribution is 2.22. The van der Waals surface area contributed by atoms with Crippen molar-refractivity contribution in [2.45, 2.75) is 0 Å². The minimum Gasteiger partial charge on any atom is -0.401 e. The van der Waals surface area contributed by atoms with Crippen molar-refractivity contribution in [1.29, 1.82) is 0 Å². The number of aromatic nitrogens is 4. The lowest BCUT2D eigenvalue weighted by Gasteiger charge is -2.04. The lowest BCUT2D eigenvalue weighted by molar-refractivity contribution is 0.102. The Morgan fingerprint density at radius 1 is 1.36 bits per heavy atom. The van der Waals surface area contributed by atoms with Gasteiger partial charge in [-0.05, 0) is 18.2 Å². The normalized spacial score (nSPS) is 10.7. The third kappa shape index (κ3) is 2.56. The Bertz CT molecular complexity index is 824. The summed E-state index contributed by atoms with van der Waals surface area (Å²) in [5.41, 5.74) is 0.293. The van der Waals surface area contributed by atoms with E-state index in [1.807, 2.05) is 0 Å². The number of hydrogen-bond acceptors (Lipinski definition) is 5. The molecule has 0 bridgehead atoms. The second-order valence-electron chi connectivity index (χ2n) is 4.30. The number of carbonyl (C=O) groups is 1. The molecule has 0 unspecified atom stereocenters. The van der Waals surface area contributed by atoms with Gasteiger partial charge in [-0.1, -0.05) is 22.8 Å². The second-order valence-corrected chi connectivity index (χ2v) is 4.71. The maximum absolute atomic E-state index is 13.7. The van der Waals surface area contributed by atoms with Crippen LogP contribution in [0, 0.1) is 5.82 Å². The van der Waals surface area contributed by atoms with Gasteiger partial charge in [0.25, 0.3) is 11.8 Å². The molecule has 0 radical (unpaired) electrons. The van der Waals surface area contributed by atoms with Crippen molar-refractivity contribution in [3.05, 3.63) is 46.9 Å². The summed E-state index contributed by atoms with van der Waals surface area (Å²) in [5.74, 6) is -1.34. The van der Waals surface area contributed by atoms with Crippen LogP contribution in [-0.2, 0) is 7.05 Å². The summed E-state index contributed by atoms with van der Waals surface area (Å²) >= 11 is 5.82. The first-order chi connectivity index (χ1) is 10.6. The highest BCUT2D eigenvalue weighted by molar-refractivity contribution is 6.34. The molecule has 9 heteroatoms. The maximum atomic E-state index is 13.7. The number of benzene rings is 1. The largest absolute Gasteiger partial charge is 0.401 e.